The van der Waals surface area contributed by atoms with Gasteiger partial charge in [-0.2, -0.15) is 0 Å². The molecule has 0 aliphatic carbocycles. The van der Waals surface area contributed by atoms with Crippen LogP contribution in [0.15, 0.2) is 32.5 Å². The second kappa shape index (κ2) is 5.59. The van der Waals surface area contributed by atoms with Crippen molar-refractivity contribution in [3.63, 3.8) is 0 Å². The van der Waals surface area contributed by atoms with Gasteiger partial charge in [0.15, 0.2) is 0 Å². The van der Waals surface area contributed by atoms with Gasteiger partial charge in [0.2, 0.25) is 0 Å². The molecule has 1 unspecified atom stereocenters. The molecular formula is C11H7Br2Cl2NS. The van der Waals surface area contributed by atoms with Crippen molar-refractivity contribution < 1.29 is 0 Å². The van der Waals surface area contributed by atoms with E-state index in [-0.39, 0.29) is 6.04 Å². The summed E-state index contributed by atoms with van der Waals surface area (Å²) in [4.78, 5) is 1.02. The summed E-state index contributed by atoms with van der Waals surface area (Å²) >= 11 is 20.5. The lowest BCUT2D eigenvalue weighted by atomic mass is 10.1. The summed E-state index contributed by atoms with van der Waals surface area (Å²) in [5, 5.41) is 1.26. The highest BCUT2D eigenvalue weighted by atomic mass is 79.9. The van der Waals surface area contributed by atoms with Gasteiger partial charge in [0.1, 0.15) is 0 Å². The molecule has 2 N–H and O–H groups in total. The van der Waals surface area contributed by atoms with Crippen LogP contribution in [0.25, 0.3) is 0 Å². The fraction of sp³-hybridized carbons (Fsp3) is 0.0909. The maximum atomic E-state index is 6.19. The topological polar surface area (TPSA) is 26.0 Å². The highest BCUT2D eigenvalue weighted by molar-refractivity contribution is 9.13. The lowest BCUT2D eigenvalue weighted by Crippen LogP contribution is -2.10. The summed E-state index contributed by atoms with van der Waals surface area (Å²) in [6, 6.07) is 7.03. The summed E-state index contributed by atoms with van der Waals surface area (Å²) in [5.74, 6) is 0. The summed E-state index contributed by atoms with van der Waals surface area (Å²) in [6.45, 7) is 0. The third-order valence-corrected chi connectivity index (χ3v) is 6.18. The lowest BCUT2D eigenvalue weighted by Gasteiger charge is -2.12. The van der Waals surface area contributed by atoms with Crippen LogP contribution < -0.4 is 5.73 Å². The van der Waals surface area contributed by atoms with Gasteiger partial charge in [0, 0.05) is 19.4 Å². The van der Waals surface area contributed by atoms with Crippen LogP contribution in [0.5, 0.6) is 0 Å². The Balaban J connectivity index is 2.42. The number of thiophene rings is 1. The first-order valence-electron chi connectivity index (χ1n) is 4.64. The van der Waals surface area contributed by atoms with Crippen molar-refractivity contribution in [3.8, 4) is 0 Å². The predicted octanol–water partition coefficient (Wildman–Crippen LogP) is 5.63. The fourth-order valence-corrected chi connectivity index (χ4v) is 3.95. The molecular weight excluding hydrogens is 409 g/mol. The molecule has 1 aromatic heterocycles. The van der Waals surface area contributed by atoms with Crippen LogP contribution in [0, 0.1) is 0 Å². The second-order valence-corrected chi connectivity index (χ2v) is 7.51. The molecule has 90 valence electrons. The Labute approximate surface area is 130 Å². The average molecular weight is 416 g/mol. The SMILES string of the molecule is NC(c1cc(Br)c(Br)s1)c1cc(Cl)ccc1Cl. The van der Waals surface area contributed by atoms with Crippen LogP contribution in [0.4, 0.5) is 0 Å². The molecule has 0 amide bonds. The van der Waals surface area contributed by atoms with Gasteiger partial charge in [-0.1, -0.05) is 23.2 Å². The minimum atomic E-state index is -0.270. The minimum absolute atomic E-state index is 0.270. The molecule has 0 spiro atoms. The van der Waals surface area contributed by atoms with Gasteiger partial charge in [-0.3, -0.25) is 0 Å². The van der Waals surface area contributed by atoms with Crippen molar-refractivity contribution in [2.24, 2.45) is 5.73 Å². The lowest BCUT2D eigenvalue weighted by molar-refractivity contribution is 0.893. The highest BCUT2D eigenvalue weighted by Crippen LogP contribution is 2.38. The molecule has 17 heavy (non-hydrogen) atoms. The maximum absolute atomic E-state index is 6.19. The molecule has 0 bridgehead atoms. The zero-order valence-corrected chi connectivity index (χ0v) is 13.9. The van der Waals surface area contributed by atoms with Gasteiger partial charge < -0.3 is 5.73 Å². The Morgan fingerprint density at radius 2 is 1.88 bits per heavy atom. The molecule has 0 saturated carbocycles. The second-order valence-electron chi connectivity index (χ2n) is 3.41. The van der Waals surface area contributed by atoms with E-state index in [2.05, 4.69) is 31.9 Å². The van der Waals surface area contributed by atoms with Crippen LogP contribution in [-0.4, -0.2) is 0 Å². The van der Waals surface area contributed by atoms with E-state index in [1.165, 1.54) is 0 Å². The Morgan fingerprint density at radius 1 is 1.18 bits per heavy atom. The van der Waals surface area contributed by atoms with E-state index in [1.807, 2.05) is 6.07 Å². The first-order chi connectivity index (χ1) is 7.99. The van der Waals surface area contributed by atoms with Gasteiger partial charge in [-0.05, 0) is 61.7 Å². The monoisotopic (exact) mass is 413 g/mol. The van der Waals surface area contributed by atoms with Crippen LogP contribution in [-0.2, 0) is 0 Å². The van der Waals surface area contributed by atoms with Gasteiger partial charge in [-0.15, -0.1) is 11.3 Å². The molecule has 1 aromatic carbocycles. The van der Waals surface area contributed by atoms with Gasteiger partial charge >= 0.3 is 0 Å². The van der Waals surface area contributed by atoms with Crippen LogP contribution in [0.3, 0.4) is 0 Å². The quantitative estimate of drug-likeness (QED) is 0.676. The molecule has 1 heterocycles. The number of halogens is 4. The standard InChI is InChI=1S/C11H7Br2Cl2NS/c12-7-4-9(17-11(7)13)10(16)6-3-5(14)1-2-8(6)15/h1-4,10H,16H2. The molecule has 2 rings (SSSR count). The molecule has 0 radical (unpaired) electrons. The zero-order valence-electron chi connectivity index (χ0n) is 8.38. The van der Waals surface area contributed by atoms with Crippen LogP contribution in [0.2, 0.25) is 10.0 Å². The van der Waals surface area contributed by atoms with E-state index >= 15 is 0 Å². The van der Waals surface area contributed by atoms with E-state index in [0.717, 1.165) is 18.7 Å². The van der Waals surface area contributed by atoms with Crippen molar-refractivity contribution in [1.82, 2.24) is 0 Å². The maximum Gasteiger partial charge on any atom is 0.0843 e. The van der Waals surface area contributed by atoms with E-state index < -0.39 is 0 Å². The van der Waals surface area contributed by atoms with Gasteiger partial charge in [0.05, 0.1) is 9.83 Å². The molecule has 0 fully saturated rings. The summed E-state index contributed by atoms with van der Waals surface area (Å²) in [6.07, 6.45) is 0. The Hall–Kier alpha value is 0.420. The van der Waals surface area contributed by atoms with Crippen molar-refractivity contribution in [3.05, 3.63) is 53.0 Å². The largest absolute Gasteiger partial charge is 0.320 e. The molecule has 0 saturated heterocycles. The average Bonchev–Trinajstić information content (AvgIpc) is 2.62. The normalized spacial score (nSPS) is 12.8. The number of rotatable bonds is 2. The molecule has 0 aliphatic heterocycles. The van der Waals surface area contributed by atoms with Crippen LogP contribution in [0.1, 0.15) is 16.5 Å². The highest BCUT2D eigenvalue weighted by Gasteiger charge is 2.16. The number of hydrogen-bond donors (Lipinski definition) is 1. The van der Waals surface area contributed by atoms with Gasteiger partial charge in [0.25, 0.3) is 0 Å². The van der Waals surface area contributed by atoms with E-state index in [9.17, 15) is 0 Å². The Morgan fingerprint density at radius 3 is 2.47 bits per heavy atom. The van der Waals surface area contributed by atoms with Gasteiger partial charge in [-0.25, -0.2) is 0 Å². The van der Waals surface area contributed by atoms with Crippen molar-refractivity contribution >= 4 is 66.4 Å². The third kappa shape index (κ3) is 3.06. The first-order valence-corrected chi connectivity index (χ1v) is 7.80. The molecule has 1 nitrogen and oxygen atoms in total. The third-order valence-electron chi connectivity index (χ3n) is 2.26. The summed E-state index contributed by atoms with van der Waals surface area (Å²) in [7, 11) is 0. The molecule has 0 aliphatic rings. The molecule has 6 heteroatoms. The zero-order chi connectivity index (χ0) is 12.6. The summed E-state index contributed by atoms with van der Waals surface area (Å²) < 4.78 is 2.01. The minimum Gasteiger partial charge on any atom is -0.320 e. The van der Waals surface area contributed by atoms with E-state index in [1.54, 1.807) is 29.5 Å². The fourth-order valence-electron chi connectivity index (χ4n) is 1.42. The number of hydrogen-bond acceptors (Lipinski definition) is 2. The van der Waals surface area contributed by atoms with Crippen molar-refractivity contribution in [2.75, 3.05) is 0 Å². The first kappa shape index (κ1) is 13.8. The van der Waals surface area contributed by atoms with E-state index in [0.29, 0.717) is 10.0 Å². The van der Waals surface area contributed by atoms with E-state index in [4.69, 9.17) is 28.9 Å². The Bertz CT molecular complexity index is 537. The summed E-state index contributed by atoms with van der Waals surface area (Å²) in [5.41, 5.74) is 7.03. The molecule has 1 atom stereocenters. The predicted molar refractivity (Wildman–Crippen MR) is 82.2 cm³/mol. The molecule has 2 aromatic rings. The van der Waals surface area contributed by atoms with Crippen molar-refractivity contribution in [1.29, 1.82) is 0 Å². The number of benzene rings is 1. The van der Waals surface area contributed by atoms with Crippen molar-refractivity contribution in [2.45, 2.75) is 6.04 Å². The Kier molecular flexibility index (Phi) is 4.55. The number of nitrogens with two attached hydrogens (primary N) is 1. The smallest absolute Gasteiger partial charge is 0.0843 e. The van der Waals surface area contributed by atoms with Crippen LogP contribution >= 0.6 is 66.4 Å².